The van der Waals surface area contributed by atoms with Crippen LogP contribution in [0.15, 0.2) is 139 Å². The second-order valence-electron chi connectivity index (χ2n) is 19.0. The van der Waals surface area contributed by atoms with E-state index in [1.807, 2.05) is 3.32 Å². The molecule has 3 aliphatic rings. The fourth-order valence-corrected chi connectivity index (χ4v) is 31.3. The summed E-state index contributed by atoms with van der Waals surface area (Å²) in [4.78, 5) is 0. The Labute approximate surface area is 371 Å². The van der Waals surface area contributed by atoms with Gasteiger partial charge < -0.3 is 0 Å². The molecule has 0 saturated heterocycles. The summed E-state index contributed by atoms with van der Waals surface area (Å²) in [7, 11) is -0.638. The van der Waals surface area contributed by atoms with E-state index in [1.54, 1.807) is 38.2 Å². The molecule has 6 aromatic carbocycles. The fourth-order valence-electron chi connectivity index (χ4n) is 11.0. The van der Waals surface area contributed by atoms with Crippen LogP contribution >= 0.6 is 0 Å². The molecule has 0 fully saturated rings. The van der Waals surface area contributed by atoms with E-state index in [1.165, 1.54) is 50.1 Å². The van der Waals surface area contributed by atoms with Gasteiger partial charge in [0, 0.05) is 0 Å². The molecule has 6 aromatic rings. The molecule has 9 rings (SSSR count). The molecule has 0 spiro atoms. The van der Waals surface area contributed by atoms with Crippen LogP contribution in [0.4, 0.5) is 0 Å². The molecule has 2 aliphatic carbocycles. The van der Waals surface area contributed by atoms with Crippen molar-refractivity contribution >= 4 is 35.4 Å². The van der Waals surface area contributed by atoms with Crippen molar-refractivity contribution in [2.75, 3.05) is 0 Å². The SMILES string of the molecule is CCC(C)C1=Cc2c(-c3ccccc3CC(C)C)cccc2[CH]1[Hf]([c]1cccc2c1[SiH2]c1ccccc1-2)[CH]1C(C(C)CC)=Cc2c(-c3ccccc3CC(C)C)cccc21. The number of hydrogen-bond donors (Lipinski definition) is 0. The molecular formula is C58H63HfSi. The Morgan fingerprint density at radius 3 is 1.40 bits per heavy atom. The van der Waals surface area contributed by atoms with E-state index in [9.17, 15) is 0 Å². The van der Waals surface area contributed by atoms with Crippen molar-refractivity contribution in [2.45, 2.75) is 88.4 Å². The zero-order chi connectivity index (χ0) is 41.7. The molecule has 0 aromatic heterocycles. The third kappa shape index (κ3) is 7.38. The van der Waals surface area contributed by atoms with Crippen molar-refractivity contribution in [3.05, 3.63) is 172 Å². The Hall–Kier alpha value is -4.11. The molecule has 1 aliphatic heterocycles. The van der Waals surface area contributed by atoms with Crippen LogP contribution in [-0.4, -0.2) is 9.52 Å². The molecule has 0 nitrogen and oxygen atoms in total. The monoisotopic (exact) mass is 967 g/mol. The van der Waals surface area contributed by atoms with Crippen molar-refractivity contribution in [1.29, 1.82) is 0 Å². The first-order valence-electron chi connectivity index (χ1n) is 23.1. The van der Waals surface area contributed by atoms with E-state index in [-0.39, 0.29) is 0 Å². The predicted molar refractivity (Wildman–Crippen MR) is 261 cm³/mol. The van der Waals surface area contributed by atoms with Gasteiger partial charge in [0.2, 0.25) is 0 Å². The van der Waals surface area contributed by atoms with Crippen molar-refractivity contribution < 1.29 is 21.4 Å². The molecule has 1 heterocycles. The fraction of sp³-hybridized carbons (Fsp3) is 0.310. The summed E-state index contributed by atoms with van der Waals surface area (Å²) in [6.07, 6.45) is 9.98. The van der Waals surface area contributed by atoms with Crippen LogP contribution in [0.5, 0.6) is 0 Å². The van der Waals surface area contributed by atoms with Crippen LogP contribution in [0, 0.1) is 23.7 Å². The second-order valence-corrected chi connectivity index (χ2v) is 30.2. The number of hydrogen-bond acceptors (Lipinski definition) is 0. The summed E-state index contributed by atoms with van der Waals surface area (Å²) in [6, 6.07) is 50.4. The van der Waals surface area contributed by atoms with Gasteiger partial charge >= 0.3 is 374 Å². The van der Waals surface area contributed by atoms with Gasteiger partial charge in [-0.25, -0.2) is 0 Å². The van der Waals surface area contributed by atoms with Crippen molar-refractivity contribution in [2.24, 2.45) is 23.7 Å². The summed E-state index contributed by atoms with van der Waals surface area (Å²) >= 11 is -3.21. The van der Waals surface area contributed by atoms with E-state index >= 15 is 0 Å². The van der Waals surface area contributed by atoms with Gasteiger partial charge in [0.05, 0.1) is 0 Å². The third-order valence-electron chi connectivity index (χ3n) is 14.2. The van der Waals surface area contributed by atoms with Gasteiger partial charge in [-0.1, -0.05) is 0 Å². The second kappa shape index (κ2) is 17.3. The molecule has 60 heavy (non-hydrogen) atoms. The Bertz CT molecular complexity index is 2490. The average Bonchev–Trinajstić information content (AvgIpc) is 3.96. The summed E-state index contributed by atoms with van der Waals surface area (Å²) < 4.78 is 2.76. The zero-order valence-corrected chi connectivity index (χ0v) is 42.3. The van der Waals surface area contributed by atoms with Crippen LogP contribution in [0.2, 0.25) is 0 Å². The third-order valence-corrected chi connectivity index (χ3v) is 30.6. The van der Waals surface area contributed by atoms with Crippen LogP contribution in [-0.2, 0) is 34.3 Å². The van der Waals surface area contributed by atoms with Crippen LogP contribution < -0.4 is 13.7 Å². The van der Waals surface area contributed by atoms with Gasteiger partial charge in [-0.15, -0.1) is 0 Å². The van der Waals surface area contributed by atoms with Gasteiger partial charge in [-0.3, -0.25) is 0 Å². The first kappa shape index (κ1) is 41.3. The van der Waals surface area contributed by atoms with Gasteiger partial charge in [-0.2, -0.15) is 0 Å². The van der Waals surface area contributed by atoms with E-state index in [0.717, 1.165) is 25.7 Å². The Morgan fingerprint density at radius 1 is 0.467 bits per heavy atom. The molecule has 0 radical (unpaired) electrons. The first-order valence-corrected chi connectivity index (χ1v) is 30.5. The van der Waals surface area contributed by atoms with Crippen molar-refractivity contribution in [1.82, 2.24) is 0 Å². The molecule has 4 unspecified atom stereocenters. The number of benzene rings is 6. The number of fused-ring (bicyclic) bond motifs is 5. The van der Waals surface area contributed by atoms with Crippen LogP contribution in [0.1, 0.15) is 109 Å². The molecule has 0 amide bonds. The summed E-state index contributed by atoms with van der Waals surface area (Å²) in [5, 5.41) is 3.40. The predicted octanol–water partition coefficient (Wildman–Crippen LogP) is 13.1. The van der Waals surface area contributed by atoms with E-state index < -0.39 is 31.0 Å². The molecule has 2 heteroatoms. The Morgan fingerprint density at radius 2 is 0.900 bits per heavy atom. The quantitative estimate of drug-likeness (QED) is 0.101. The maximum absolute atomic E-state index is 3.21. The molecule has 0 N–H and O–H groups in total. The molecular weight excluding hydrogens is 903 g/mol. The topological polar surface area (TPSA) is 0 Å². The van der Waals surface area contributed by atoms with Gasteiger partial charge in [0.1, 0.15) is 0 Å². The minimum atomic E-state index is -3.21. The molecule has 0 saturated carbocycles. The van der Waals surface area contributed by atoms with Crippen molar-refractivity contribution in [3.63, 3.8) is 0 Å². The van der Waals surface area contributed by atoms with Crippen molar-refractivity contribution in [3.8, 4) is 33.4 Å². The van der Waals surface area contributed by atoms with E-state index in [2.05, 4.69) is 195 Å². The van der Waals surface area contributed by atoms with E-state index in [4.69, 9.17) is 0 Å². The molecule has 4 atom stereocenters. The van der Waals surface area contributed by atoms with Crippen LogP contribution in [0.25, 0.3) is 45.5 Å². The Balaban J connectivity index is 1.32. The summed E-state index contributed by atoms with van der Waals surface area (Å²) in [5.74, 6) is 2.23. The van der Waals surface area contributed by atoms with Gasteiger partial charge in [0.25, 0.3) is 0 Å². The average molecular weight is 967 g/mol. The van der Waals surface area contributed by atoms with E-state index in [0.29, 0.717) is 31.0 Å². The Kier molecular flexibility index (Phi) is 11.9. The van der Waals surface area contributed by atoms with Gasteiger partial charge in [-0.05, 0) is 0 Å². The summed E-state index contributed by atoms with van der Waals surface area (Å²) in [6.45, 7) is 19.4. The van der Waals surface area contributed by atoms with Gasteiger partial charge in [0.15, 0.2) is 0 Å². The maximum atomic E-state index is 2.73. The first-order chi connectivity index (χ1) is 29.2. The standard InChI is InChI=1S/2C23H27.C12H9Si.Hf/c2*1-5-17(4)20-14-19-10-8-12-22(23(19)15-20)21-11-7-6-9-18(21)13-16(2)3;1-3-7-11-9(5-1)10-6-2-4-8-12(10)13-11;/h2*6-12,14-17H,5,13H2,1-4H3;1-7H,13H2;. The summed E-state index contributed by atoms with van der Waals surface area (Å²) in [5.41, 5.74) is 21.4. The number of rotatable bonds is 13. The molecule has 303 valence electrons. The van der Waals surface area contributed by atoms with Crippen LogP contribution in [0.3, 0.4) is 0 Å². The zero-order valence-electron chi connectivity index (χ0n) is 37.3. The minimum absolute atomic E-state index is 0.474. The normalized spacial score (nSPS) is 17.6. The number of allylic oxidation sites excluding steroid dienone is 2. The molecule has 0 bridgehead atoms.